The Kier molecular flexibility index (Phi) is 2.89. The molecule has 18 heavy (non-hydrogen) atoms. The molecule has 2 saturated carbocycles. The summed E-state index contributed by atoms with van der Waals surface area (Å²) in [6.45, 7) is 2.11. The summed E-state index contributed by atoms with van der Waals surface area (Å²) >= 11 is 0. The number of nitro groups is 1. The number of hydrogen-bond donors (Lipinski definition) is 0. The lowest BCUT2D eigenvalue weighted by atomic mass is 10.3. The van der Waals surface area contributed by atoms with E-state index in [1.807, 2.05) is 0 Å². The van der Waals surface area contributed by atoms with Gasteiger partial charge in [-0.05, 0) is 43.6 Å². The molecule has 0 aromatic carbocycles. The third kappa shape index (κ3) is 2.78. The minimum atomic E-state index is -0.400. The third-order valence-corrected chi connectivity index (χ3v) is 3.62. The quantitative estimate of drug-likeness (QED) is 0.572. The fraction of sp³-hybridized carbons (Fsp3) is 0.615. The van der Waals surface area contributed by atoms with Crippen molar-refractivity contribution in [3.8, 4) is 0 Å². The molecule has 0 bridgehead atoms. The van der Waals surface area contributed by atoms with E-state index in [1.165, 1.54) is 31.9 Å². The Hall–Kier alpha value is -1.65. The Bertz CT molecular complexity index is 424. The number of hydrogen-bond acceptors (Lipinski definition) is 4. The second-order valence-electron chi connectivity index (χ2n) is 5.42. The first kappa shape index (κ1) is 11.4. The van der Waals surface area contributed by atoms with Crippen LogP contribution in [0, 0.1) is 22.0 Å². The molecule has 3 rings (SSSR count). The van der Waals surface area contributed by atoms with Gasteiger partial charge < -0.3 is 4.90 Å². The van der Waals surface area contributed by atoms with Gasteiger partial charge in [0.05, 0.1) is 4.92 Å². The molecule has 2 aliphatic carbocycles. The first-order valence-corrected chi connectivity index (χ1v) is 6.58. The fourth-order valence-electron chi connectivity index (χ4n) is 2.16. The second-order valence-corrected chi connectivity index (χ2v) is 5.42. The Morgan fingerprint density at radius 1 is 1.22 bits per heavy atom. The maximum atomic E-state index is 10.6. The van der Waals surface area contributed by atoms with Gasteiger partial charge in [-0.15, -0.1) is 0 Å². The van der Waals surface area contributed by atoms with Crippen LogP contribution in [-0.4, -0.2) is 23.0 Å². The average Bonchev–Trinajstić information content (AvgIpc) is 3.23. The number of pyridine rings is 1. The zero-order valence-corrected chi connectivity index (χ0v) is 10.3. The molecule has 0 N–H and O–H groups in total. The molecule has 0 unspecified atom stereocenters. The molecule has 5 nitrogen and oxygen atoms in total. The predicted octanol–water partition coefficient (Wildman–Crippen LogP) is 2.62. The molecule has 0 saturated heterocycles. The van der Waals surface area contributed by atoms with Crippen molar-refractivity contribution in [3.05, 3.63) is 28.4 Å². The number of nitrogens with zero attached hydrogens (tertiary/aromatic N) is 3. The molecular weight excluding hydrogens is 230 g/mol. The van der Waals surface area contributed by atoms with Crippen LogP contribution in [0.15, 0.2) is 18.3 Å². The molecular formula is C13H17N3O2. The van der Waals surface area contributed by atoms with Crippen molar-refractivity contribution in [2.24, 2.45) is 11.8 Å². The average molecular weight is 247 g/mol. The highest BCUT2D eigenvalue weighted by Crippen LogP contribution is 2.35. The summed E-state index contributed by atoms with van der Waals surface area (Å²) in [5, 5.41) is 10.6. The molecule has 0 atom stereocenters. The van der Waals surface area contributed by atoms with E-state index in [0.717, 1.165) is 30.7 Å². The lowest BCUT2D eigenvalue weighted by Gasteiger charge is -2.23. The zero-order valence-electron chi connectivity index (χ0n) is 10.3. The molecule has 96 valence electrons. The van der Waals surface area contributed by atoms with Gasteiger partial charge in [0, 0.05) is 19.2 Å². The van der Waals surface area contributed by atoms with Gasteiger partial charge in [-0.25, -0.2) is 4.98 Å². The van der Waals surface area contributed by atoms with Crippen LogP contribution in [0.2, 0.25) is 0 Å². The molecule has 1 heterocycles. The zero-order chi connectivity index (χ0) is 12.5. The SMILES string of the molecule is O=[N+]([O-])c1ccc(N(CC2CC2)CC2CC2)nc1. The normalized spacial score (nSPS) is 18.7. The predicted molar refractivity (Wildman–Crippen MR) is 68.6 cm³/mol. The minimum Gasteiger partial charge on any atom is -0.356 e. The number of aromatic nitrogens is 1. The highest BCUT2D eigenvalue weighted by molar-refractivity contribution is 5.43. The van der Waals surface area contributed by atoms with Crippen LogP contribution in [0.1, 0.15) is 25.7 Å². The Morgan fingerprint density at radius 3 is 2.22 bits per heavy atom. The second kappa shape index (κ2) is 4.55. The molecule has 2 fully saturated rings. The van der Waals surface area contributed by atoms with Gasteiger partial charge in [0.15, 0.2) is 0 Å². The van der Waals surface area contributed by atoms with Gasteiger partial charge in [-0.2, -0.15) is 0 Å². The Balaban J connectivity index is 1.72. The standard InChI is InChI=1S/C13H17N3O2/c17-16(18)12-5-6-13(14-7-12)15(8-10-1-2-10)9-11-3-4-11/h5-7,10-11H,1-4,8-9H2. The van der Waals surface area contributed by atoms with Crippen molar-refractivity contribution in [2.45, 2.75) is 25.7 Å². The van der Waals surface area contributed by atoms with Crippen LogP contribution in [0.4, 0.5) is 11.5 Å². The van der Waals surface area contributed by atoms with Crippen molar-refractivity contribution < 1.29 is 4.92 Å². The first-order valence-electron chi connectivity index (χ1n) is 6.58. The van der Waals surface area contributed by atoms with Crippen LogP contribution in [0.25, 0.3) is 0 Å². The van der Waals surface area contributed by atoms with E-state index >= 15 is 0 Å². The summed E-state index contributed by atoms with van der Waals surface area (Å²) in [6.07, 6.45) is 6.62. The van der Waals surface area contributed by atoms with Crippen LogP contribution < -0.4 is 4.90 Å². The summed E-state index contributed by atoms with van der Waals surface area (Å²) in [4.78, 5) is 16.8. The van der Waals surface area contributed by atoms with Gasteiger partial charge in [0.25, 0.3) is 5.69 Å². The molecule has 1 aromatic heterocycles. The van der Waals surface area contributed by atoms with E-state index in [0.29, 0.717) is 0 Å². The van der Waals surface area contributed by atoms with Gasteiger partial charge in [0.2, 0.25) is 0 Å². The van der Waals surface area contributed by atoms with Crippen molar-refractivity contribution in [1.29, 1.82) is 0 Å². The van der Waals surface area contributed by atoms with Crippen molar-refractivity contribution >= 4 is 11.5 Å². The van der Waals surface area contributed by atoms with Crippen molar-refractivity contribution in [2.75, 3.05) is 18.0 Å². The molecule has 2 aliphatic rings. The molecule has 0 radical (unpaired) electrons. The number of anilines is 1. The lowest BCUT2D eigenvalue weighted by Crippen LogP contribution is -2.28. The van der Waals surface area contributed by atoms with Crippen LogP contribution in [0.5, 0.6) is 0 Å². The number of rotatable bonds is 6. The fourth-order valence-corrected chi connectivity index (χ4v) is 2.16. The monoisotopic (exact) mass is 247 g/mol. The largest absolute Gasteiger partial charge is 0.356 e. The minimum absolute atomic E-state index is 0.0662. The van der Waals surface area contributed by atoms with Gasteiger partial charge in [0.1, 0.15) is 12.0 Å². The molecule has 5 heteroatoms. The van der Waals surface area contributed by atoms with E-state index < -0.39 is 4.92 Å². The van der Waals surface area contributed by atoms with Crippen LogP contribution in [0.3, 0.4) is 0 Å². The van der Waals surface area contributed by atoms with Crippen LogP contribution >= 0.6 is 0 Å². The summed E-state index contributed by atoms with van der Waals surface area (Å²) in [5.41, 5.74) is 0.0662. The van der Waals surface area contributed by atoms with E-state index in [1.54, 1.807) is 12.1 Å². The van der Waals surface area contributed by atoms with Crippen molar-refractivity contribution in [3.63, 3.8) is 0 Å². The molecule has 0 amide bonds. The smallest absolute Gasteiger partial charge is 0.287 e. The first-order chi connectivity index (χ1) is 8.72. The van der Waals surface area contributed by atoms with E-state index in [2.05, 4.69) is 9.88 Å². The topological polar surface area (TPSA) is 59.3 Å². The summed E-state index contributed by atoms with van der Waals surface area (Å²) in [7, 11) is 0. The highest BCUT2D eigenvalue weighted by Gasteiger charge is 2.29. The lowest BCUT2D eigenvalue weighted by molar-refractivity contribution is -0.385. The maximum absolute atomic E-state index is 10.6. The highest BCUT2D eigenvalue weighted by atomic mass is 16.6. The van der Waals surface area contributed by atoms with Crippen LogP contribution in [-0.2, 0) is 0 Å². The van der Waals surface area contributed by atoms with Gasteiger partial charge in [-0.3, -0.25) is 10.1 Å². The Labute approximate surface area is 106 Å². The third-order valence-electron chi connectivity index (χ3n) is 3.62. The summed E-state index contributed by atoms with van der Waals surface area (Å²) < 4.78 is 0. The molecule has 1 aromatic rings. The van der Waals surface area contributed by atoms with Gasteiger partial charge in [-0.1, -0.05) is 0 Å². The Morgan fingerprint density at radius 2 is 1.83 bits per heavy atom. The van der Waals surface area contributed by atoms with E-state index in [-0.39, 0.29) is 5.69 Å². The molecule has 0 spiro atoms. The van der Waals surface area contributed by atoms with Crippen molar-refractivity contribution in [1.82, 2.24) is 4.98 Å². The van der Waals surface area contributed by atoms with E-state index in [9.17, 15) is 10.1 Å². The summed E-state index contributed by atoms with van der Waals surface area (Å²) in [5.74, 6) is 2.50. The molecule has 0 aliphatic heterocycles. The van der Waals surface area contributed by atoms with E-state index in [4.69, 9.17) is 0 Å². The maximum Gasteiger partial charge on any atom is 0.287 e. The summed E-state index contributed by atoms with van der Waals surface area (Å²) in [6, 6.07) is 3.33. The van der Waals surface area contributed by atoms with Gasteiger partial charge >= 0.3 is 0 Å².